The summed E-state index contributed by atoms with van der Waals surface area (Å²) in [4.78, 5) is 21.5. The highest BCUT2D eigenvalue weighted by atomic mass is 16.5. The Morgan fingerprint density at radius 2 is 1.73 bits per heavy atom. The molecule has 5 nitrogen and oxygen atoms in total. The summed E-state index contributed by atoms with van der Waals surface area (Å²) in [6, 6.07) is 19.6. The second kappa shape index (κ2) is 9.44. The van der Waals surface area contributed by atoms with Crippen molar-refractivity contribution >= 4 is 17.4 Å². The molecule has 5 heteroatoms. The van der Waals surface area contributed by atoms with Crippen molar-refractivity contribution in [3.05, 3.63) is 83.6 Å². The van der Waals surface area contributed by atoms with E-state index < -0.39 is 6.10 Å². The van der Waals surface area contributed by atoms with Crippen molar-refractivity contribution in [2.75, 3.05) is 23.9 Å². The first-order chi connectivity index (χ1) is 14.3. The summed E-state index contributed by atoms with van der Waals surface area (Å²) >= 11 is 0. The number of ether oxygens (including phenoxy) is 1. The molecular weight excluding hydrogens is 374 g/mol. The Morgan fingerprint density at radius 3 is 2.33 bits per heavy atom. The highest BCUT2D eigenvalue weighted by Crippen LogP contribution is 2.21. The van der Waals surface area contributed by atoms with E-state index in [2.05, 4.69) is 11.9 Å². The van der Waals surface area contributed by atoms with Crippen molar-refractivity contribution in [2.24, 2.45) is 0 Å². The summed E-state index contributed by atoms with van der Waals surface area (Å²) in [6.45, 7) is 6.29. The van der Waals surface area contributed by atoms with Gasteiger partial charge in [-0.1, -0.05) is 24.3 Å². The highest BCUT2D eigenvalue weighted by molar-refractivity contribution is 5.95. The van der Waals surface area contributed by atoms with Gasteiger partial charge >= 0.3 is 0 Å². The quantitative estimate of drug-likeness (QED) is 0.570. The Bertz CT molecular complexity index is 985. The third-order valence-corrected chi connectivity index (χ3v) is 5.12. The van der Waals surface area contributed by atoms with E-state index in [-0.39, 0.29) is 5.91 Å². The van der Waals surface area contributed by atoms with Gasteiger partial charge in [0, 0.05) is 26.0 Å². The van der Waals surface area contributed by atoms with Crippen molar-refractivity contribution in [2.45, 2.75) is 33.4 Å². The lowest BCUT2D eigenvalue weighted by Crippen LogP contribution is -2.40. The minimum atomic E-state index is -0.643. The SMILES string of the molecule is Cc1ccc(O[C@H](C)C(=O)N(Cc2ccc(N(C)C)cc2)c2ccccn2)cc1C. The molecule has 0 saturated carbocycles. The van der Waals surface area contributed by atoms with Gasteiger partial charge < -0.3 is 9.64 Å². The van der Waals surface area contributed by atoms with E-state index >= 15 is 0 Å². The molecule has 0 radical (unpaired) electrons. The molecule has 2 aromatic carbocycles. The van der Waals surface area contributed by atoms with Crippen LogP contribution >= 0.6 is 0 Å². The van der Waals surface area contributed by atoms with Gasteiger partial charge in [0.05, 0.1) is 6.54 Å². The van der Waals surface area contributed by atoms with Gasteiger partial charge in [-0.2, -0.15) is 0 Å². The number of carbonyl (C=O) groups excluding carboxylic acids is 1. The average Bonchev–Trinajstić information content (AvgIpc) is 2.75. The number of hydrogen-bond donors (Lipinski definition) is 0. The summed E-state index contributed by atoms with van der Waals surface area (Å²) in [5, 5.41) is 0. The molecule has 1 heterocycles. The molecule has 1 amide bonds. The molecule has 0 fully saturated rings. The molecule has 1 atom stereocenters. The summed E-state index contributed by atoms with van der Waals surface area (Å²) in [6.07, 6.45) is 1.05. The molecule has 3 aromatic rings. The number of nitrogens with zero attached hydrogens (tertiary/aromatic N) is 3. The predicted octanol–water partition coefficient (Wildman–Crippen LogP) is 4.77. The topological polar surface area (TPSA) is 45.7 Å². The first-order valence-electron chi connectivity index (χ1n) is 10.1. The zero-order valence-electron chi connectivity index (χ0n) is 18.3. The maximum atomic E-state index is 13.3. The van der Waals surface area contributed by atoms with Crippen LogP contribution < -0.4 is 14.5 Å². The van der Waals surface area contributed by atoms with Crippen LogP contribution in [0.1, 0.15) is 23.6 Å². The van der Waals surface area contributed by atoms with E-state index in [1.807, 2.05) is 86.6 Å². The number of benzene rings is 2. The summed E-state index contributed by atoms with van der Waals surface area (Å²) in [7, 11) is 4.01. The monoisotopic (exact) mass is 403 g/mol. The molecular formula is C25H29N3O2. The van der Waals surface area contributed by atoms with Crippen LogP contribution in [0.2, 0.25) is 0 Å². The maximum Gasteiger partial charge on any atom is 0.269 e. The molecule has 0 unspecified atom stereocenters. The second-order valence-corrected chi connectivity index (χ2v) is 7.68. The van der Waals surface area contributed by atoms with E-state index in [0.29, 0.717) is 18.1 Å². The van der Waals surface area contributed by atoms with Gasteiger partial charge in [0.15, 0.2) is 6.10 Å². The number of pyridine rings is 1. The van der Waals surface area contributed by atoms with Gasteiger partial charge in [0.1, 0.15) is 11.6 Å². The van der Waals surface area contributed by atoms with Crippen LogP contribution in [0.15, 0.2) is 66.9 Å². The second-order valence-electron chi connectivity index (χ2n) is 7.68. The molecule has 0 aliphatic rings. The van der Waals surface area contributed by atoms with Crippen LogP contribution in [0.25, 0.3) is 0 Å². The molecule has 1 aromatic heterocycles. The number of aromatic nitrogens is 1. The Morgan fingerprint density at radius 1 is 1.00 bits per heavy atom. The maximum absolute atomic E-state index is 13.3. The normalized spacial score (nSPS) is 11.6. The van der Waals surface area contributed by atoms with Gasteiger partial charge in [0.25, 0.3) is 5.91 Å². The smallest absolute Gasteiger partial charge is 0.269 e. The first-order valence-corrected chi connectivity index (χ1v) is 10.1. The van der Waals surface area contributed by atoms with Crippen LogP contribution in [0, 0.1) is 13.8 Å². The number of rotatable bonds is 7. The van der Waals surface area contributed by atoms with Gasteiger partial charge in [-0.25, -0.2) is 4.98 Å². The molecule has 0 aliphatic heterocycles. The number of hydrogen-bond acceptors (Lipinski definition) is 4. The molecule has 3 rings (SSSR count). The number of anilines is 2. The van der Waals surface area contributed by atoms with E-state index in [1.165, 1.54) is 5.56 Å². The zero-order valence-corrected chi connectivity index (χ0v) is 18.3. The Labute approximate surface area is 178 Å². The van der Waals surface area contributed by atoms with Gasteiger partial charge in [-0.15, -0.1) is 0 Å². The van der Waals surface area contributed by atoms with E-state index in [0.717, 1.165) is 16.8 Å². The van der Waals surface area contributed by atoms with Crippen molar-refractivity contribution in [3.8, 4) is 5.75 Å². The predicted molar refractivity (Wildman–Crippen MR) is 122 cm³/mol. The number of amides is 1. The van der Waals surface area contributed by atoms with Crippen LogP contribution in [0.4, 0.5) is 11.5 Å². The Kier molecular flexibility index (Phi) is 6.72. The van der Waals surface area contributed by atoms with Crippen molar-refractivity contribution in [1.29, 1.82) is 0 Å². The lowest BCUT2D eigenvalue weighted by atomic mass is 10.1. The third-order valence-electron chi connectivity index (χ3n) is 5.12. The minimum Gasteiger partial charge on any atom is -0.481 e. The van der Waals surface area contributed by atoms with E-state index in [4.69, 9.17) is 4.74 Å². The lowest BCUT2D eigenvalue weighted by molar-refractivity contribution is -0.124. The number of carbonyl (C=O) groups is 1. The molecule has 156 valence electrons. The minimum absolute atomic E-state index is 0.136. The molecule has 30 heavy (non-hydrogen) atoms. The van der Waals surface area contributed by atoms with Gasteiger partial charge in [0.2, 0.25) is 0 Å². The summed E-state index contributed by atoms with van der Waals surface area (Å²) in [5.41, 5.74) is 4.46. The number of aryl methyl sites for hydroxylation is 2. The van der Waals surface area contributed by atoms with Crippen molar-refractivity contribution < 1.29 is 9.53 Å². The van der Waals surface area contributed by atoms with Crippen molar-refractivity contribution in [3.63, 3.8) is 0 Å². The fourth-order valence-corrected chi connectivity index (χ4v) is 3.13. The summed E-state index contributed by atoms with van der Waals surface area (Å²) in [5.74, 6) is 1.16. The van der Waals surface area contributed by atoms with Crippen LogP contribution in [-0.4, -0.2) is 31.1 Å². The first kappa shape index (κ1) is 21.4. The Hall–Kier alpha value is -3.34. The fraction of sp³-hybridized carbons (Fsp3) is 0.280. The van der Waals surface area contributed by atoms with Crippen LogP contribution in [-0.2, 0) is 11.3 Å². The van der Waals surface area contributed by atoms with E-state index in [9.17, 15) is 4.79 Å². The van der Waals surface area contributed by atoms with Gasteiger partial charge in [-0.3, -0.25) is 9.69 Å². The molecule has 0 bridgehead atoms. The largest absolute Gasteiger partial charge is 0.481 e. The molecule has 0 N–H and O–H groups in total. The summed E-state index contributed by atoms with van der Waals surface area (Å²) < 4.78 is 5.98. The average molecular weight is 404 g/mol. The fourth-order valence-electron chi connectivity index (χ4n) is 3.13. The zero-order chi connectivity index (χ0) is 21.7. The van der Waals surface area contributed by atoms with Crippen LogP contribution in [0.5, 0.6) is 5.75 Å². The molecule has 0 saturated heterocycles. The molecule has 0 aliphatic carbocycles. The van der Waals surface area contributed by atoms with Crippen molar-refractivity contribution in [1.82, 2.24) is 4.98 Å². The standard InChI is InChI=1S/C25H29N3O2/c1-18-9-14-23(16-19(18)2)30-20(3)25(29)28(24-8-6-7-15-26-24)17-21-10-12-22(13-11-21)27(4)5/h6-16,20H,17H2,1-5H3/t20-/m1/s1. The Balaban J connectivity index is 1.82. The van der Waals surface area contributed by atoms with Gasteiger partial charge in [-0.05, 0) is 73.9 Å². The van der Waals surface area contributed by atoms with E-state index in [1.54, 1.807) is 18.0 Å². The lowest BCUT2D eigenvalue weighted by Gasteiger charge is -2.26. The van der Waals surface area contributed by atoms with Crippen LogP contribution in [0.3, 0.4) is 0 Å². The third kappa shape index (κ3) is 5.17. The molecule has 0 spiro atoms. The highest BCUT2D eigenvalue weighted by Gasteiger charge is 2.25.